The molecule has 31 heavy (non-hydrogen) atoms. The first-order valence-corrected chi connectivity index (χ1v) is 10.4. The molecule has 0 spiro atoms. The monoisotopic (exact) mass is 419 g/mol. The molecular formula is C24H25N3O4. The number of nitrogens with one attached hydrogen (secondary N) is 1. The van der Waals surface area contributed by atoms with Crippen LogP contribution in [0.4, 0.5) is 0 Å². The van der Waals surface area contributed by atoms with E-state index >= 15 is 0 Å². The lowest BCUT2D eigenvalue weighted by Gasteiger charge is -2.40. The van der Waals surface area contributed by atoms with E-state index in [1.54, 1.807) is 59.3 Å². The van der Waals surface area contributed by atoms with Gasteiger partial charge in [-0.1, -0.05) is 24.3 Å². The van der Waals surface area contributed by atoms with Crippen LogP contribution in [-0.2, 0) is 4.79 Å². The van der Waals surface area contributed by atoms with E-state index in [9.17, 15) is 14.4 Å². The summed E-state index contributed by atoms with van der Waals surface area (Å²) in [5, 5.41) is 1.18. The lowest BCUT2D eigenvalue weighted by molar-refractivity contribution is -0.142. The van der Waals surface area contributed by atoms with E-state index in [-0.39, 0.29) is 23.4 Å². The number of rotatable bonds is 4. The molecule has 0 bridgehead atoms. The molecule has 1 aliphatic rings. The van der Waals surface area contributed by atoms with Gasteiger partial charge < -0.3 is 19.5 Å². The minimum absolute atomic E-state index is 0.0233. The maximum atomic E-state index is 13.1. The summed E-state index contributed by atoms with van der Waals surface area (Å²) in [7, 11) is 0. The normalized spacial score (nSPS) is 17.4. The van der Waals surface area contributed by atoms with E-state index in [4.69, 9.17) is 4.74 Å². The van der Waals surface area contributed by atoms with Crippen molar-refractivity contribution in [2.75, 3.05) is 19.6 Å². The number of amides is 2. The lowest BCUT2D eigenvalue weighted by atomic mass is 10.1. The first-order chi connectivity index (χ1) is 15.0. The number of nitrogens with zero attached hydrogens (tertiary/aromatic N) is 2. The molecule has 7 heteroatoms. The Labute approximate surface area is 180 Å². The Hall–Kier alpha value is -3.61. The van der Waals surface area contributed by atoms with E-state index in [1.165, 1.54) is 0 Å². The number of carbonyl (C=O) groups is 2. The van der Waals surface area contributed by atoms with Gasteiger partial charge in [-0.3, -0.25) is 14.4 Å². The average molecular weight is 419 g/mol. The molecular weight excluding hydrogens is 394 g/mol. The van der Waals surface area contributed by atoms with Gasteiger partial charge in [-0.15, -0.1) is 0 Å². The number of ether oxygens (including phenoxy) is 1. The number of hydrogen-bond donors (Lipinski definition) is 1. The van der Waals surface area contributed by atoms with Crippen molar-refractivity contribution in [2.45, 2.75) is 26.0 Å². The standard InChI is InChI=1S/C24H25N3O4/c1-16-15-26(24(30)18-7-4-3-5-8-18)13-14-27(16)23(29)17(2)31-21-10-6-9-20-19(21)11-12-25-22(20)28/h3-12,16-17H,13-15H2,1-2H3,(H,25,28)/t16-,17?/m1/s1. The van der Waals surface area contributed by atoms with E-state index in [0.29, 0.717) is 41.7 Å². The van der Waals surface area contributed by atoms with Crippen molar-refractivity contribution in [3.8, 4) is 5.75 Å². The molecule has 3 aromatic rings. The van der Waals surface area contributed by atoms with Gasteiger partial charge in [0.25, 0.3) is 17.4 Å². The molecule has 0 saturated carbocycles. The number of benzene rings is 2. The molecule has 1 aliphatic heterocycles. The van der Waals surface area contributed by atoms with Crippen LogP contribution < -0.4 is 10.3 Å². The molecule has 0 aliphatic carbocycles. The Balaban J connectivity index is 1.44. The molecule has 1 aromatic heterocycles. The molecule has 1 saturated heterocycles. The van der Waals surface area contributed by atoms with Crippen molar-refractivity contribution in [2.24, 2.45) is 0 Å². The first-order valence-electron chi connectivity index (χ1n) is 10.4. The van der Waals surface area contributed by atoms with Crippen LogP contribution in [0.3, 0.4) is 0 Å². The van der Waals surface area contributed by atoms with Gasteiger partial charge in [0.15, 0.2) is 6.10 Å². The fraction of sp³-hybridized carbons (Fsp3) is 0.292. The molecule has 1 N–H and O–H groups in total. The van der Waals surface area contributed by atoms with Gasteiger partial charge in [-0.25, -0.2) is 0 Å². The van der Waals surface area contributed by atoms with Crippen LogP contribution in [0.1, 0.15) is 24.2 Å². The van der Waals surface area contributed by atoms with Crippen LogP contribution >= 0.6 is 0 Å². The Kier molecular flexibility index (Phi) is 5.75. The number of carbonyl (C=O) groups excluding carboxylic acids is 2. The second-order valence-corrected chi connectivity index (χ2v) is 7.78. The molecule has 4 rings (SSSR count). The first kappa shape index (κ1) is 20.7. The summed E-state index contributed by atoms with van der Waals surface area (Å²) in [6.45, 7) is 5.03. The fourth-order valence-electron chi connectivity index (χ4n) is 4.00. The molecule has 2 aromatic carbocycles. The largest absolute Gasteiger partial charge is 0.480 e. The smallest absolute Gasteiger partial charge is 0.263 e. The lowest BCUT2D eigenvalue weighted by Crippen LogP contribution is -2.57. The number of pyridine rings is 1. The highest BCUT2D eigenvalue weighted by molar-refractivity contribution is 5.94. The number of piperazine rings is 1. The zero-order chi connectivity index (χ0) is 22.0. The van der Waals surface area contributed by atoms with Crippen molar-refractivity contribution in [1.82, 2.24) is 14.8 Å². The van der Waals surface area contributed by atoms with E-state index in [1.807, 2.05) is 25.1 Å². The van der Waals surface area contributed by atoms with E-state index in [0.717, 1.165) is 0 Å². The van der Waals surface area contributed by atoms with Gasteiger partial charge in [0.2, 0.25) is 0 Å². The Morgan fingerprint density at radius 1 is 1.03 bits per heavy atom. The summed E-state index contributed by atoms with van der Waals surface area (Å²) in [4.78, 5) is 44.0. The van der Waals surface area contributed by atoms with Crippen LogP contribution in [0.25, 0.3) is 10.8 Å². The summed E-state index contributed by atoms with van der Waals surface area (Å²) in [5.41, 5.74) is 0.451. The number of H-pyrrole nitrogens is 1. The number of hydrogen-bond acceptors (Lipinski definition) is 4. The molecule has 1 fully saturated rings. The van der Waals surface area contributed by atoms with Crippen molar-refractivity contribution >= 4 is 22.6 Å². The van der Waals surface area contributed by atoms with Crippen molar-refractivity contribution in [3.63, 3.8) is 0 Å². The van der Waals surface area contributed by atoms with Gasteiger partial charge in [0.1, 0.15) is 5.75 Å². The van der Waals surface area contributed by atoms with Crippen LogP contribution in [0.2, 0.25) is 0 Å². The molecule has 7 nitrogen and oxygen atoms in total. The van der Waals surface area contributed by atoms with E-state index < -0.39 is 6.10 Å². The van der Waals surface area contributed by atoms with Crippen LogP contribution in [-0.4, -0.2) is 58.4 Å². The predicted octanol–water partition coefficient (Wildman–Crippen LogP) is 2.67. The molecule has 160 valence electrons. The Morgan fingerprint density at radius 3 is 2.55 bits per heavy atom. The highest BCUT2D eigenvalue weighted by Crippen LogP contribution is 2.24. The van der Waals surface area contributed by atoms with E-state index in [2.05, 4.69) is 4.98 Å². The van der Waals surface area contributed by atoms with Crippen molar-refractivity contribution in [3.05, 3.63) is 76.7 Å². The van der Waals surface area contributed by atoms with Crippen LogP contribution in [0, 0.1) is 0 Å². The number of aromatic amines is 1. The zero-order valence-corrected chi connectivity index (χ0v) is 17.6. The van der Waals surface area contributed by atoms with Gasteiger partial charge in [-0.05, 0) is 44.2 Å². The van der Waals surface area contributed by atoms with Gasteiger partial charge in [0, 0.05) is 42.8 Å². The van der Waals surface area contributed by atoms with Gasteiger partial charge in [0.05, 0.1) is 5.39 Å². The second-order valence-electron chi connectivity index (χ2n) is 7.78. The molecule has 2 heterocycles. The van der Waals surface area contributed by atoms with Crippen LogP contribution in [0.5, 0.6) is 5.75 Å². The zero-order valence-electron chi connectivity index (χ0n) is 17.6. The fourth-order valence-corrected chi connectivity index (χ4v) is 4.00. The number of fused-ring (bicyclic) bond motifs is 1. The highest BCUT2D eigenvalue weighted by Gasteiger charge is 2.33. The summed E-state index contributed by atoms with van der Waals surface area (Å²) < 4.78 is 5.97. The van der Waals surface area contributed by atoms with Crippen molar-refractivity contribution in [1.29, 1.82) is 0 Å². The maximum Gasteiger partial charge on any atom is 0.263 e. The average Bonchev–Trinajstić information content (AvgIpc) is 2.79. The summed E-state index contributed by atoms with van der Waals surface area (Å²) in [6, 6.07) is 16.0. The van der Waals surface area contributed by atoms with Crippen molar-refractivity contribution < 1.29 is 14.3 Å². The van der Waals surface area contributed by atoms with Gasteiger partial charge >= 0.3 is 0 Å². The maximum absolute atomic E-state index is 13.1. The van der Waals surface area contributed by atoms with Gasteiger partial charge in [-0.2, -0.15) is 0 Å². The summed E-state index contributed by atoms with van der Waals surface area (Å²) in [5.74, 6) is 0.334. The second kappa shape index (κ2) is 8.63. The molecule has 2 amide bonds. The third kappa shape index (κ3) is 4.17. The Bertz CT molecular complexity index is 1160. The minimum atomic E-state index is -0.719. The highest BCUT2D eigenvalue weighted by atomic mass is 16.5. The third-order valence-electron chi connectivity index (χ3n) is 5.65. The molecule has 2 atom stereocenters. The van der Waals surface area contributed by atoms with Crippen LogP contribution in [0.15, 0.2) is 65.6 Å². The minimum Gasteiger partial charge on any atom is -0.480 e. The SMILES string of the molecule is CC(Oc1cccc2c(=O)[nH]ccc12)C(=O)N1CCN(C(=O)c2ccccc2)C[C@H]1C. The Morgan fingerprint density at radius 2 is 1.81 bits per heavy atom. The quantitative estimate of drug-likeness (QED) is 0.705. The molecule has 1 unspecified atom stereocenters. The predicted molar refractivity (Wildman–Crippen MR) is 118 cm³/mol. The topological polar surface area (TPSA) is 82.7 Å². The molecule has 0 radical (unpaired) electrons. The number of aromatic nitrogens is 1. The summed E-state index contributed by atoms with van der Waals surface area (Å²) >= 11 is 0. The summed E-state index contributed by atoms with van der Waals surface area (Å²) in [6.07, 6.45) is 0.846. The third-order valence-corrected chi connectivity index (χ3v) is 5.65.